The SMILES string of the molecule is CO[C@@]1(c2ccccc2)CN[C@@H](C(=O)Nc2cc(C(N)(CCC3CC3)c3ccccn3)ccc2F)C1.Cl. The fourth-order valence-corrected chi connectivity index (χ4v) is 5.19. The van der Waals surface area contributed by atoms with Crippen LogP contribution in [0.2, 0.25) is 0 Å². The molecule has 1 saturated heterocycles. The Balaban J connectivity index is 0.00000320. The van der Waals surface area contributed by atoms with Gasteiger partial charge in [-0.1, -0.05) is 55.3 Å². The average molecular weight is 525 g/mol. The van der Waals surface area contributed by atoms with Crippen molar-refractivity contribution >= 4 is 24.0 Å². The summed E-state index contributed by atoms with van der Waals surface area (Å²) in [5.74, 6) is -0.119. The molecule has 1 amide bonds. The number of carbonyl (C=O) groups is 1. The Bertz CT molecular complexity index is 1210. The number of nitrogens with two attached hydrogens (primary N) is 1. The number of nitrogens with zero attached hydrogens (tertiary/aromatic N) is 1. The standard InChI is InChI=1S/C29H33FN4O2.ClH/c1-36-28(21-7-3-2-4-8-21)18-25(33-19-28)27(35)34-24-17-22(12-13-23(24)30)29(31,15-14-20-10-11-20)26-9-5-6-16-32-26;/h2-9,12-13,16-17,20,25,33H,10-11,14-15,18-19,31H2,1H3,(H,34,35);1H/t25-,28-,29?;/m1./s1. The van der Waals surface area contributed by atoms with Gasteiger partial charge in [-0.25, -0.2) is 4.39 Å². The van der Waals surface area contributed by atoms with Crippen molar-refractivity contribution in [1.29, 1.82) is 0 Å². The minimum Gasteiger partial charge on any atom is -0.372 e. The first kappa shape index (κ1) is 27.2. The zero-order chi connectivity index (χ0) is 25.2. The van der Waals surface area contributed by atoms with Crippen LogP contribution in [0.1, 0.15) is 48.9 Å². The molecule has 5 rings (SSSR count). The molecule has 1 aromatic heterocycles. The van der Waals surface area contributed by atoms with Crippen LogP contribution >= 0.6 is 12.4 Å². The van der Waals surface area contributed by atoms with Gasteiger partial charge in [0.2, 0.25) is 5.91 Å². The summed E-state index contributed by atoms with van der Waals surface area (Å²) in [5, 5.41) is 6.05. The number of methoxy groups -OCH3 is 1. The lowest BCUT2D eigenvalue weighted by molar-refractivity contribution is -0.118. The number of hydrogen-bond acceptors (Lipinski definition) is 5. The van der Waals surface area contributed by atoms with Crippen molar-refractivity contribution in [2.45, 2.75) is 49.3 Å². The van der Waals surface area contributed by atoms with Gasteiger partial charge >= 0.3 is 0 Å². The van der Waals surface area contributed by atoms with Crippen LogP contribution in [0.25, 0.3) is 0 Å². The Morgan fingerprint density at radius 1 is 1.19 bits per heavy atom. The van der Waals surface area contributed by atoms with Crippen LogP contribution in [0.15, 0.2) is 72.9 Å². The van der Waals surface area contributed by atoms with Crippen molar-refractivity contribution < 1.29 is 13.9 Å². The molecule has 2 fully saturated rings. The number of carbonyl (C=O) groups excluding carboxylic acids is 1. The Labute approximate surface area is 223 Å². The molecular weight excluding hydrogens is 491 g/mol. The third-order valence-electron chi connectivity index (χ3n) is 7.68. The average Bonchev–Trinajstić information content (AvgIpc) is 3.65. The number of anilines is 1. The first-order valence-corrected chi connectivity index (χ1v) is 12.6. The van der Waals surface area contributed by atoms with Crippen molar-refractivity contribution in [2.24, 2.45) is 11.7 Å². The zero-order valence-corrected chi connectivity index (χ0v) is 21.8. The number of halogens is 2. The molecular formula is C29H34ClFN4O2. The molecule has 3 aromatic rings. The Morgan fingerprint density at radius 3 is 2.62 bits per heavy atom. The third kappa shape index (κ3) is 5.70. The summed E-state index contributed by atoms with van der Waals surface area (Å²) in [6.45, 7) is 0.487. The van der Waals surface area contributed by atoms with Crippen LogP contribution in [0.5, 0.6) is 0 Å². The van der Waals surface area contributed by atoms with E-state index >= 15 is 0 Å². The number of rotatable bonds is 9. The Hall–Kier alpha value is -2.84. The van der Waals surface area contributed by atoms with Gasteiger partial charge in [-0.05, 0) is 54.2 Å². The molecule has 1 aliphatic heterocycles. The lowest BCUT2D eigenvalue weighted by Gasteiger charge is -2.30. The van der Waals surface area contributed by atoms with Gasteiger partial charge in [0.05, 0.1) is 23.0 Å². The predicted octanol–water partition coefficient (Wildman–Crippen LogP) is 4.88. The first-order chi connectivity index (χ1) is 17.4. The van der Waals surface area contributed by atoms with E-state index in [4.69, 9.17) is 10.5 Å². The van der Waals surface area contributed by atoms with Gasteiger partial charge in [0, 0.05) is 26.3 Å². The molecule has 2 heterocycles. The number of amides is 1. The van der Waals surface area contributed by atoms with Gasteiger partial charge in [0.15, 0.2) is 0 Å². The molecule has 0 spiro atoms. The normalized spacial score (nSPS) is 22.6. The lowest BCUT2D eigenvalue weighted by atomic mass is 9.82. The smallest absolute Gasteiger partial charge is 0.241 e. The molecule has 1 saturated carbocycles. The molecule has 3 atom stereocenters. The molecule has 0 radical (unpaired) electrons. The maximum Gasteiger partial charge on any atom is 0.241 e. The topological polar surface area (TPSA) is 89.3 Å². The quantitative estimate of drug-likeness (QED) is 0.371. The van der Waals surface area contributed by atoms with Crippen molar-refractivity contribution in [3.05, 3.63) is 95.6 Å². The van der Waals surface area contributed by atoms with Gasteiger partial charge in [-0.2, -0.15) is 0 Å². The van der Waals surface area contributed by atoms with Crippen LogP contribution in [-0.2, 0) is 20.7 Å². The van der Waals surface area contributed by atoms with Crippen LogP contribution in [0.3, 0.4) is 0 Å². The number of ether oxygens (including phenoxy) is 1. The van der Waals surface area contributed by atoms with E-state index in [1.165, 1.54) is 18.9 Å². The monoisotopic (exact) mass is 524 g/mol. The van der Waals surface area contributed by atoms with Gasteiger partial charge in [0.25, 0.3) is 0 Å². The van der Waals surface area contributed by atoms with E-state index in [0.717, 1.165) is 23.2 Å². The molecule has 8 heteroatoms. The molecule has 0 bridgehead atoms. The van der Waals surface area contributed by atoms with Crippen molar-refractivity contribution in [3.63, 3.8) is 0 Å². The van der Waals surface area contributed by atoms with E-state index in [1.54, 1.807) is 25.4 Å². The summed E-state index contributed by atoms with van der Waals surface area (Å²) >= 11 is 0. The summed E-state index contributed by atoms with van der Waals surface area (Å²) in [5.41, 5.74) is 8.08. The fraction of sp³-hybridized carbons (Fsp3) is 0.379. The van der Waals surface area contributed by atoms with E-state index in [-0.39, 0.29) is 24.0 Å². The van der Waals surface area contributed by atoms with Gasteiger partial charge in [-0.3, -0.25) is 9.78 Å². The molecule has 2 aromatic carbocycles. The minimum atomic E-state index is -0.874. The second kappa shape index (κ2) is 11.3. The molecule has 1 unspecified atom stereocenters. The zero-order valence-electron chi connectivity index (χ0n) is 21.0. The number of pyridine rings is 1. The lowest BCUT2D eigenvalue weighted by Crippen LogP contribution is -2.39. The number of aromatic nitrogens is 1. The van der Waals surface area contributed by atoms with E-state index in [0.29, 0.717) is 25.3 Å². The molecule has 6 nitrogen and oxygen atoms in total. The van der Waals surface area contributed by atoms with Crippen LogP contribution in [-0.4, -0.2) is 30.6 Å². The maximum absolute atomic E-state index is 14.9. The first-order valence-electron chi connectivity index (χ1n) is 12.6. The van der Waals surface area contributed by atoms with E-state index in [2.05, 4.69) is 15.6 Å². The highest BCUT2D eigenvalue weighted by molar-refractivity contribution is 5.95. The molecule has 1 aliphatic carbocycles. The predicted molar refractivity (Wildman–Crippen MR) is 145 cm³/mol. The third-order valence-corrected chi connectivity index (χ3v) is 7.68. The summed E-state index contributed by atoms with van der Waals surface area (Å²) in [6, 6.07) is 19.7. The minimum absolute atomic E-state index is 0. The van der Waals surface area contributed by atoms with Gasteiger partial charge in [-0.15, -0.1) is 12.4 Å². The van der Waals surface area contributed by atoms with E-state index in [1.807, 2.05) is 48.5 Å². The molecule has 4 N–H and O–H groups in total. The second-order valence-corrected chi connectivity index (χ2v) is 10.1. The van der Waals surface area contributed by atoms with Crippen LogP contribution in [0.4, 0.5) is 10.1 Å². The van der Waals surface area contributed by atoms with Gasteiger partial charge in [0.1, 0.15) is 11.4 Å². The van der Waals surface area contributed by atoms with Gasteiger partial charge < -0.3 is 21.1 Å². The highest BCUT2D eigenvalue weighted by atomic mass is 35.5. The number of nitrogens with one attached hydrogen (secondary N) is 2. The second-order valence-electron chi connectivity index (χ2n) is 10.1. The maximum atomic E-state index is 14.9. The highest BCUT2D eigenvalue weighted by Gasteiger charge is 2.43. The molecule has 37 heavy (non-hydrogen) atoms. The van der Waals surface area contributed by atoms with Crippen molar-refractivity contribution in [2.75, 3.05) is 19.0 Å². The summed E-state index contributed by atoms with van der Waals surface area (Å²) in [7, 11) is 1.65. The van der Waals surface area contributed by atoms with Crippen LogP contribution in [0, 0.1) is 11.7 Å². The Kier molecular flexibility index (Phi) is 8.29. The van der Waals surface area contributed by atoms with E-state index < -0.39 is 23.0 Å². The highest BCUT2D eigenvalue weighted by Crippen LogP contribution is 2.40. The summed E-state index contributed by atoms with van der Waals surface area (Å²) in [4.78, 5) is 17.7. The Morgan fingerprint density at radius 2 is 1.95 bits per heavy atom. The van der Waals surface area contributed by atoms with Crippen molar-refractivity contribution in [1.82, 2.24) is 10.3 Å². The summed E-state index contributed by atoms with van der Waals surface area (Å²) < 4.78 is 20.8. The fourth-order valence-electron chi connectivity index (χ4n) is 5.19. The molecule has 2 aliphatic rings. The number of hydrogen-bond donors (Lipinski definition) is 3. The summed E-state index contributed by atoms with van der Waals surface area (Å²) in [6.07, 6.45) is 6.30. The van der Waals surface area contributed by atoms with E-state index in [9.17, 15) is 9.18 Å². The molecule has 196 valence electrons. The number of benzene rings is 2. The van der Waals surface area contributed by atoms with Crippen molar-refractivity contribution in [3.8, 4) is 0 Å². The van der Waals surface area contributed by atoms with Crippen LogP contribution < -0.4 is 16.4 Å². The largest absolute Gasteiger partial charge is 0.372 e.